The topological polar surface area (TPSA) is 99.2 Å². The van der Waals surface area contributed by atoms with E-state index in [9.17, 15) is 32.7 Å². The van der Waals surface area contributed by atoms with Gasteiger partial charge in [-0.2, -0.15) is 13.2 Å². The number of benzene rings is 2. The van der Waals surface area contributed by atoms with E-state index in [0.29, 0.717) is 16.9 Å². The minimum absolute atomic E-state index is 0.0165. The Kier molecular flexibility index (Phi) is 8.70. The summed E-state index contributed by atoms with van der Waals surface area (Å²) >= 11 is 0. The molecule has 2 aromatic rings. The summed E-state index contributed by atoms with van der Waals surface area (Å²) in [6.45, 7) is -0.379. The van der Waals surface area contributed by atoms with Crippen LogP contribution >= 0.6 is 0 Å². The molecule has 0 unspecified atom stereocenters. The highest BCUT2D eigenvalue weighted by Crippen LogP contribution is 2.25. The number of rotatable bonds is 6. The first kappa shape index (κ1) is 26.7. The molecule has 11 heteroatoms. The van der Waals surface area contributed by atoms with Crippen LogP contribution in [-0.4, -0.2) is 67.4 Å². The van der Waals surface area contributed by atoms with Gasteiger partial charge in [-0.1, -0.05) is 18.2 Å². The van der Waals surface area contributed by atoms with E-state index in [4.69, 9.17) is 0 Å². The molecule has 2 N–H and O–H groups in total. The SMILES string of the molecule is COC(=O)C=Cc1ccc(N(CCO)C(=O)Nc2ccc3c(c2)CCN(C(=O)C(F)(F)F)CC3)cc1. The van der Waals surface area contributed by atoms with E-state index in [0.717, 1.165) is 16.0 Å². The quantitative estimate of drug-likeness (QED) is 0.463. The number of anilines is 2. The van der Waals surface area contributed by atoms with Crippen LogP contribution in [0.5, 0.6) is 0 Å². The van der Waals surface area contributed by atoms with E-state index in [1.54, 1.807) is 48.5 Å². The summed E-state index contributed by atoms with van der Waals surface area (Å²) in [5.41, 5.74) is 3.22. The fraction of sp³-hybridized carbons (Fsp3) is 0.320. The number of amides is 3. The van der Waals surface area contributed by atoms with Crippen molar-refractivity contribution in [3.63, 3.8) is 0 Å². The Morgan fingerprint density at radius 1 is 1.08 bits per heavy atom. The minimum atomic E-state index is -4.92. The average Bonchev–Trinajstić information content (AvgIpc) is 3.07. The molecule has 0 radical (unpaired) electrons. The third-order valence-electron chi connectivity index (χ3n) is 5.68. The van der Waals surface area contributed by atoms with Crippen molar-refractivity contribution < 1.29 is 37.4 Å². The molecule has 36 heavy (non-hydrogen) atoms. The van der Waals surface area contributed by atoms with Crippen LogP contribution in [0.4, 0.5) is 29.3 Å². The number of urea groups is 1. The number of carbonyl (C=O) groups is 3. The molecule has 0 aliphatic carbocycles. The lowest BCUT2D eigenvalue weighted by Gasteiger charge is -2.23. The van der Waals surface area contributed by atoms with Gasteiger partial charge in [0.25, 0.3) is 0 Å². The van der Waals surface area contributed by atoms with Crippen molar-refractivity contribution in [2.75, 3.05) is 43.6 Å². The highest BCUT2D eigenvalue weighted by atomic mass is 19.4. The second-order valence-electron chi connectivity index (χ2n) is 8.03. The molecule has 0 aromatic heterocycles. The Hall–Kier alpha value is -3.86. The third-order valence-corrected chi connectivity index (χ3v) is 5.68. The molecular weight excluding hydrogens is 479 g/mol. The number of alkyl halides is 3. The molecule has 0 spiro atoms. The molecule has 0 saturated carbocycles. The number of hydrogen-bond donors (Lipinski definition) is 2. The molecule has 0 fully saturated rings. The number of aliphatic hydroxyl groups is 1. The molecule has 8 nitrogen and oxygen atoms in total. The van der Waals surface area contributed by atoms with E-state index in [-0.39, 0.29) is 39.1 Å². The number of fused-ring (bicyclic) bond motifs is 1. The van der Waals surface area contributed by atoms with Gasteiger partial charge in [-0.25, -0.2) is 9.59 Å². The third kappa shape index (κ3) is 6.85. The Morgan fingerprint density at radius 3 is 2.36 bits per heavy atom. The van der Waals surface area contributed by atoms with Crippen LogP contribution in [0.1, 0.15) is 16.7 Å². The molecule has 0 atom stereocenters. The standard InChI is InChI=1S/C25H26F3N3O5/c1-36-22(33)9-4-17-2-7-21(8-3-17)31(14-15-32)24(35)29-20-6-5-18-10-12-30(13-11-19(18)16-20)23(34)25(26,27)28/h2-9,16,32H,10-15H2,1H3,(H,29,35). The lowest BCUT2D eigenvalue weighted by molar-refractivity contribution is -0.185. The number of nitrogens with one attached hydrogen (secondary N) is 1. The molecule has 3 rings (SSSR count). The zero-order valence-corrected chi connectivity index (χ0v) is 19.5. The van der Waals surface area contributed by atoms with Crippen molar-refractivity contribution >= 4 is 35.4 Å². The number of methoxy groups -OCH3 is 1. The highest BCUT2D eigenvalue weighted by molar-refractivity contribution is 6.02. The van der Waals surface area contributed by atoms with Gasteiger partial charge in [-0.3, -0.25) is 9.69 Å². The van der Waals surface area contributed by atoms with Crippen LogP contribution in [-0.2, 0) is 27.2 Å². The fourth-order valence-electron chi connectivity index (χ4n) is 3.82. The van der Waals surface area contributed by atoms with Crippen LogP contribution in [0.2, 0.25) is 0 Å². The van der Waals surface area contributed by atoms with E-state index < -0.39 is 24.1 Å². The molecular formula is C25H26F3N3O5. The van der Waals surface area contributed by atoms with Crippen LogP contribution < -0.4 is 10.2 Å². The first-order valence-electron chi connectivity index (χ1n) is 11.2. The molecule has 2 aromatic carbocycles. The van der Waals surface area contributed by atoms with Crippen molar-refractivity contribution in [2.24, 2.45) is 0 Å². The number of nitrogens with zero attached hydrogens (tertiary/aromatic N) is 2. The average molecular weight is 505 g/mol. The maximum absolute atomic E-state index is 13.0. The molecule has 1 aliphatic rings. The summed E-state index contributed by atoms with van der Waals surface area (Å²) in [5, 5.41) is 12.2. The van der Waals surface area contributed by atoms with Gasteiger partial charge in [0, 0.05) is 30.5 Å². The second kappa shape index (κ2) is 11.7. The summed E-state index contributed by atoms with van der Waals surface area (Å²) in [5.74, 6) is -2.35. The van der Waals surface area contributed by atoms with Crippen LogP contribution in [0.3, 0.4) is 0 Å². The largest absolute Gasteiger partial charge is 0.471 e. The van der Waals surface area contributed by atoms with Crippen LogP contribution in [0.25, 0.3) is 6.08 Å². The number of ether oxygens (including phenoxy) is 1. The number of aliphatic hydroxyl groups excluding tert-OH is 1. The predicted molar refractivity (Wildman–Crippen MR) is 127 cm³/mol. The van der Waals surface area contributed by atoms with Crippen LogP contribution in [0, 0.1) is 0 Å². The van der Waals surface area contributed by atoms with Gasteiger partial charge in [0.05, 0.1) is 20.3 Å². The summed E-state index contributed by atoms with van der Waals surface area (Å²) in [7, 11) is 1.27. The van der Waals surface area contributed by atoms with Gasteiger partial charge in [0.15, 0.2) is 0 Å². The maximum atomic E-state index is 13.0. The Labute approximate surface area is 205 Å². The number of carbonyl (C=O) groups excluding carboxylic acids is 3. The van der Waals surface area contributed by atoms with Gasteiger partial charge >= 0.3 is 24.1 Å². The lowest BCUT2D eigenvalue weighted by Crippen LogP contribution is -2.42. The van der Waals surface area contributed by atoms with Crippen molar-refractivity contribution in [1.82, 2.24) is 4.90 Å². The molecule has 0 saturated heterocycles. The maximum Gasteiger partial charge on any atom is 0.471 e. The summed E-state index contributed by atoms with van der Waals surface area (Å²) in [6, 6.07) is 11.3. The molecule has 192 valence electrons. The Morgan fingerprint density at radius 2 is 1.75 bits per heavy atom. The van der Waals surface area contributed by atoms with E-state index in [2.05, 4.69) is 10.1 Å². The van der Waals surface area contributed by atoms with Gasteiger partial charge in [-0.15, -0.1) is 0 Å². The van der Waals surface area contributed by atoms with E-state index in [1.165, 1.54) is 18.1 Å². The number of esters is 1. The van der Waals surface area contributed by atoms with Gasteiger partial charge in [-0.05, 0) is 59.9 Å². The fourth-order valence-corrected chi connectivity index (χ4v) is 3.82. The molecule has 0 bridgehead atoms. The molecule has 1 heterocycles. The normalized spacial score (nSPS) is 13.6. The lowest BCUT2D eigenvalue weighted by atomic mass is 10.0. The summed E-state index contributed by atoms with van der Waals surface area (Å²) in [4.78, 5) is 38.0. The minimum Gasteiger partial charge on any atom is -0.466 e. The predicted octanol–water partition coefficient (Wildman–Crippen LogP) is 3.39. The highest BCUT2D eigenvalue weighted by Gasteiger charge is 2.42. The van der Waals surface area contributed by atoms with Crippen molar-refractivity contribution in [3.05, 3.63) is 65.2 Å². The van der Waals surface area contributed by atoms with E-state index in [1.807, 2.05) is 0 Å². The molecule has 1 aliphatic heterocycles. The van der Waals surface area contributed by atoms with Crippen molar-refractivity contribution in [1.29, 1.82) is 0 Å². The Balaban J connectivity index is 1.70. The zero-order valence-electron chi connectivity index (χ0n) is 19.5. The zero-order chi connectivity index (χ0) is 26.3. The first-order valence-corrected chi connectivity index (χ1v) is 11.2. The van der Waals surface area contributed by atoms with Gasteiger partial charge in [0.2, 0.25) is 0 Å². The smallest absolute Gasteiger partial charge is 0.466 e. The second-order valence-corrected chi connectivity index (χ2v) is 8.03. The molecule has 3 amide bonds. The first-order chi connectivity index (χ1) is 17.1. The van der Waals surface area contributed by atoms with Crippen molar-refractivity contribution in [3.8, 4) is 0 Å². The van der Waals surface area contributed by atoms with Crippen LogP contribution in [0.15, 0.2) is 48.5 Å². The van der Waals surface area contributed by atoms with Gasteiger partial charge < -0.3 is 20.1 Å². The van der Waals surface area contributed by atoms with Gasteiger partial charge in [0.1, 0.15) is 0 Å². The van der Waals surface area contributed by atoms with Crippen molar-refractivity contribution in [2.45, 2.75) is 19.0 Å². The summed E-state index contributed by atoms with van der Waals surface area (Å²) in [6.07, 6.45) is -1.59. The monoisotopic (exact) mass is 505 g/mol. The van der Waals surface area contributed by atoms with E-state index >= 15 is 0 Å². The summed E-state index contributed by atoms with van der Waals surface area (Å²) < 4.78 is 43.0. The number of halogens is 3. The Bertz CT molecular complexity index is 1130. The number of hydrogen-bond acceptors (Lipinski definition) is 5.